The smallest absolute Gasteiger partial charge is 0.399 e. The SMILES string of the molecule is CC1(C)OB(c2ccc3c(c2)C2(CCCCC2)c2cc(-c4cccc(-c5nc(-c6ccccc6)nc(-c6ccccc6)n5)c4)ccc2-3)OC1(C)C. The standard InChI is InChI=1S/C45H42BN3O2/c1-43(2)44(3,4)51-46(50-43)35-22-24-37-36-23-21-33(28-38(36)45(39(37)29-35)25-12-7-13-26-45)32-19-14-20-34(27-32)42-48-40(30-15-8-5-9-16-30)47-41(49-42)31-17-10-6-11-18-31/h5-6,8-11,14-24,27-29H,7,12-13,25-26H2,1-4H3. The van der Waals surface area contributed by atoms with Crippen molar-refractivity contribution >= 4 is 12.6 Å². The van der Waals surface area contributed by atoms with E-state index in [0.29, 0.717) is 17.5 Å². The zero-order chi connectivity index (χ0) is 34.8. The molecule has 6 heteroatoms. The first kappa shape index (κ1) is 32.0. The maximum absolute atomic E-state index is 6.52. The van der Waals surface area contributed by atoms with Crippen molar-refractivity contribution in [2.75, 3.05) is 0 Å². The fourth-order valence-corrected chi connectivity index (χ4v) is 8.29. The lowest BCUT2D eigenvalue weighted by Gasteiger charge is -2.36. The van der Waals surface area contributed by atoms with Crippen LogP contribution in [0.15, 0.2) is 121 Å². The number of hydrogen-bond acceptors (Lipinski definition) is 5. The first-order valence-electron chi connectivity index (χ1n) is 18.3. The Morgan fingerprint density at radius 2 is 0.961 bits per heavy atom. The van der Waals surface area contributed by atoms with Crippen molar-refractivity contribution in [3.63, 3.8) is 0 Å². The first-order valence-corrected chi connectivity index (χ1v) is 18.3. The van der Waals surface area contributed by atoms with E-state index in [9.17, 15) is 0 Å². The average molecular weight is 668 g/mol. The summed E-state index contributed by atoms with van der Waals surface area (Å²) >= 11 is 0. The van der Waals surface area contributed by atoms with Crippen LogP contribution in [-0.2, 0) is 14.7 Å². The lowest BCUT2D eigenvalue weighted by atomic mass is 9.66. The summed E-state index contributed by atoms with van der Waals surface area (Å²) in [6.45, 7) is 8.50. The van der Waals surface area contributed by atoms with Crippen LogP contribution in [-0.4, -0.2) is 33.3 Å². The molecule has 2 aliphatic carbocycles. The van der Waals surface area contributed by atoms with Crippen LogP contribution >= 0.6 is 0 Å². The summed E-state index contributed by atoms with van der Waals surface area (Å²) in [7, 11) is -0.372. The molecule has 0 unspecified atom stereocenters. The van der Waals surface area contributed by atoms with Crippen molar-refractivity contribution in [3.05, 3.63) is 132 Å². The van der Waals surface area contributed by atoms with E-state index in [2.05, 4.69) is 88.4 Å². The van der Waals surface area contributed by atoms with Crippen molar-refractivity contribution < 1.29 is 9.31 Å². The minimum Gasteiger partial charge on any atom is -0.399 e. The Balaban J connectivity index is 1.11. The van der Waals surface area contributed by atoms with E-state index in [1.807, 2.05) is 60.7 Å². The van der Waals surface area contributed by atoms with Gasteiger partial charge >= 0.3 is 7.12 Å². The van der Waals surface area contributed by atoms with Gasteiger partial charge in [-0.05, 0) is 91.5 Å². The third-order valence-corrected chi connectivity index (χ3v) is 11.8. The van der Waals surface area contributed by atoms with E-state index in [-0.39, 0.29) is 23.7 Å². The van der Waals surface area contributed by atoms with Crippen LogP contribution in [0.3, 0.4) is 0 Å². The van der Waals surface area contributed by atoms with E-state index in [1.54, 1.807) is 0 Å². The van der Waals surface area contributed by atoms with Crippen LogP contribution in [0.5, 0.6) is 0 Å². The summed E-state index contributed by atoms with van der Waals surface area (Å²) in [6.07, 6.45) is 6.04. The summed E-state index contributed by atoms with van der Waals surface area (Å²) in [4.78, 5) is 14.9. The van der Waals surface area contributed by atoms with Crippen molar-refractivity contribution in [2.45, 2.75) is 76.4 Å². The molecule has 0 bridgehead atoms. The topological polar surface area (TPSA) is 57.1 Å². The maximum Gasteiger partial charge on any atom is 0.494 e. The van der Waals surface area contributed by atoms with E-state index in [4.69, 9.17) is 24.3 Å². The lowest BCUT2D eigenvalue weighted by molar-refractivity contribution is 0.00578. The van der Waals surface area contributed by atoms with Crippen LogP contribution < -0.4 is 5.46 Å². The van der Waals surface area contributed by atoms with Gasteiger partial charge in [0.1, 0.15) is 0 Å². The molecule has 1 saturated carbocycles. The minimum absolute atomic E-state index is 0.0143. The van der Waals surface area contributed by atoms with Gasteiger partial charge in [0.15, 0.2) is 17.5 Å². The predicted octanol–water partition coefficient (Wildman–Crippen LogP) is 10.1. The summed E-state index contributed by atoms with van der Waals surface area (Å²) in [5.41, 5.74) is 11.2. The Bertz CT molecular complexity index is 2190. The van der Waals surface area contributed by atoms with Gasteiger partial charge in [0.25, 0.3) is 0 Å². The van der Waals surface area contributed by atoms with Gasteiger partial charge in [-0.1, -0.05) is 128 Å². The fraction of sp³-hybridized carbons (Fsp3) is 0.267. The molecule has 9 rings (SSSR count). The van der Waals surface area contributed by atoms with E-state index in [1.165, 1.54) is 47.1 Å². The summed E-state index contributed by atoms with van der Waals surface area (Å²) in [5.74, 6) is 2.00. The molecule has 0 N–H and O–H groups in total. The van der Waals surface area contributed by atoms with Crippen molar-refractivity contribution in [1.82, 2.24) is 15.0 Å². The predicted molar refractivity (Wildman–Crippen MR) is 207 cm³/mol. The first-order chi connectivity index (χ1) is 24.7. The number of rotatable bonds is 5. The van der Waals surface area contributed by atoms with Crippen molar-refractivity contribution in [2.24, 2.45) is 0 Å². The second kappa shape index (κ2) is 12.1. The Labute approximate surface area is 301 Å². The Morgan fingerprint density at radius 3 is 1.57 bits per heavy atom. The van der Waals surface area contributed by atoms with Gasteiger partial charge in [0.05, 0.1) is 11.2 Å². The molecule has 1 aliphatic heterocycles. The number of nitrogens with zero attached hydrogens (tertiary/aromatic N) is 3. The Morgan fingerprint density at radius 1 is 0.471 bits per heavy atom. The summed E-state index contributed by atoms with van der Waals surface area (Å²) in [5, 5.41) is 0. The minimum atomic E-state index is -0.376. The van der Waals surface area contributed by atoms with Crippen LogP contribution in [0.4, 0.5) is 0 Å². The lowest BCUT2D eigenvalue weighted by Crippen LogP contribution is -2.41. The van der Waals surface area contributed by atoms with Crippen LogP contribution in [0.25, 0.3) is 56.4 Å². The quantitative estimate of drug-likeness (QED) is 0.171. The van der Waals surface area contributed by atoms with Crippen LogP contribution in [0.1, 0.15) is 70.9 Å². The molecule has 0 radical (unpaired) electrons. The Hall–Kier alpha value is -4.91. The van der Waals surface area contributed by atoms with E-state index in [0.717, 1.165) is 40.6 Å². The molecule has 5 aromatic carbocycles. The van der Waals surface area contributed by atoms with Gasteiger partial charge in [0.2, 0.25) is 0 Å². The summed E-state index contributed by atoms with van der Waals surface area (Å²) in [6, 6.07) is 43.0. The highest BCUT2D eigenvalue weighted by atomic mass is 16.7. The van der Waals surface area contributed by atoms with Gasteiger partial charge in [-0.3, -0.25) is 0 Å². The molecule has 51 heavy (non-hydrogen) atoms. The zero-order valence-electron chi connectivity index (χ0n) is 29.8. The fourth-order valence-electron chi connectivity index (χ4n) is 8.29. The second-order valence-electron chi connectivity index (χ2n) is 15.4. The maximum atomic E-state index is 6.52. The molecule has 6 aromatic rings. The number of hydrogen-bond donors (Lipinski definition) is 0. The third-order valence-electron chi connectivity index (χ3n) is 11.8. The van der Waals surface area contributed by atoms with Crippen LogP contribution in [0, 0.1) is 0 Å². The molecule has 2 heterocycles. The average Bonchev–Trinajstić information content (AvgIpc) is 3.56. The second-order valence-corrected chi connectivity index (χ2v) is 15.4. The molecule has 1 saturated heterocycles. The van der Waals surface area contributed by atoms with Gasteiger partial charge in [-0.25, -0.2) is 15.0 Å². The molecule has 0 amide bonds. The molecule has 5 nitrogen and oxygen atoms in total. The van der Waals surface area contributed by atoms with Crippen molar-refractivity contribution in [1.29, 1.82) is 0 Å². The Kier molecular flexibility index (Phi) is 7.61. The molecule has 3 aliphatic rings. The van der Waals surface area contributed by atoms with Crippen molar-refractivity contribution in [3.8, 4) is 56.4 Å². The van der Waals surface area contributed by atoms with Gasteiger partial charge in [-0.2, -0.15) is 0 Å². The normalized spacial score (nSPS) is 18.1. The van der Waals surface area contributed by atoms with Gasteiger partial charge in [-0.15, -0.1) is 0 Å². The van der Waals surface area contributed by atoms with E-state index >= 15 is 0 Å². The molecular weight excluding hydrogens is 625 g/mol. The largest absolute Gasteiger partial charge is 0.494 e. The molecule has 1 aromatic heterocycles. The molecule has 1 spiro atoms. The van der Waals surface area contributed by atoms with Gasteiger partial charge in [0, 0.05) is 22.1 Å². The monoisotopic (exact) mass is 667 g/mol. The number of benzene rings is 5. The summed E-state index contributed by atoms with van der Waals surface area (Å²) < 4.78 is 13.0. The third kappa shape index (κ3) is 5.44. The number of fused-ring (bicyclic) bond motifs is 5. The molecular formula is C45H42BN3O2. The molecule has 2 fully saturated rings. The highest BCUT2D eigenvalue weighted by Gasteiger charge is 2.52. The van der Waals surface area contributed by atoms with Crippen LogP contribution in [0.2, 0.25) is 0 Å². The molecule has 0 atom stereocenters. The molecule has 252 valence electrons. The highest BCUT2D eigenvalue weighted by Crippen LogP contribution is 2.56. The zero-order valence-corrected chi connectivity index (χ0v) is 29.8. The number of aromatic nitrogens is 3. The van der Waals surface area contributed by atoms with Gasteiger partial charge < -0.3 is 9.31 Å². The highest BCUT2D eigenvalue weighted by molar-refractivity contribution is 6.62. The van der Waals surface area contributed by atoms with E-state index < -0.39 is 0 Å².